The molecule has 0 unspecified atom stereocenters. The topological polar surface area (TPSA) is 58.4 Å². The van der Waals surface area contributed by atoms with E-state index in [1.807, 2.05) is 11.8 Å². The highest BCUT2D eigenvalue weighted by Crippen LogP contribution is 2.23. The van der Waals surface area contributed by atoms with Gasteiger partial charge in [-0.05, 0) is 31.2 Å². The first-order valence-corrected chi connectivity index (χ1v) is 8.33. The quantitative estimate of drug-likeness (QED) is 0.821. The maximum absolute atomic E-state index is 11.9. The first-order chi connectivity index (χ1) is 9.65. The van der Waals surface area contributed by atoms with Crippen molar-refractivity contribution in [3.05, 3.63) is 23.2 Å². The lowest BCUT2D eigenvalue weighted by atomic mass is 10.2. The molecule has 1 heterocycles. The zero-order chi connectivity index (χ0) is 14.4. The highest BCUT2D eigenvalue weighted by Gasteiger charge is 2.11. The number of nitrogen functional groups attached to an aromatic ring is 1. The third-order valence-electron chi connectivity index (χ3n) is 3.27. The molecule has 1 fully saturated rings. The van der Waals surface area contributed by atoms with Gasteiger partial charge in [-0.15, -0.1) is 0 Å². The Bertz CT molecular complexity index is 464. The van der Waals surface area contributed by atoms with Gasteiger partial charge in [-0.3, -0.25) is 4.79 Å². The van der Waals surface area contributed by atoms with Crippen molar-refractivity contribution in [1.82, 2.24) is 4.90 Å². The minimum atomic E-state index is -0.00893. The SMILES string of the molecule is Nc1ccc(Cl)cc1NC(=O)CCCN1CCSCC1. The molecule has 20 heavy (non-hydrogen) atoms. The van der Waals surface area contributed by atoms with Crippen LogP contribution in [0.15, 0.2) is 18.2 Å². The molecule has 0 radical (unpaired) electrons. The van der Waals surface area contributed by atoms with Gasteiger partial charge in [0.15, 0.2) is 0 Å². The van der Waals surface area contributed by atoms with Gasteiger partial charge in [-0.1, -0.05) is 11.6 Å². The Balaban J connectivity index is 1.73. The van der Waals surface area contributed by atoms with Crippen molar-refractivity contribution in [1.29, 1.82) is 0 Å². The number of nitrogens with two attached hydrogens (primary N) is 1. The normalized spacial score (nSPS) is 16.1. The van der Waals surface area contributed by atoms with Crippen molar-refractivity contribution in [2.45, 2.75) is 12.8 Å². The lowest BCUT2D eigenvalue weighted by Crippen LogP contribution is -2.33. The van der Waals surface area contributed by atoms with Crippen molar-refractivity contribution in [3.8, 4) is 0 Å². The number of carbonyl (C=O) groups excluding carboxylic acids is 1. The summed E-state index contributed by atoms with van der Waals surface area (Å²) >= 11 is 7.89. The van der Waals surface area contributed by atoms with Crippen LogP contribution in [0.3, 0.4) is 0 Å². The molecule has 110 valence electrons. The van der Waals surface area contributed by atoms with Gasteiger partial charge in [0.1, 0.15) is 0 Å². The average Bonchev–Trinajstić information content (AvgIpc) is 2.44. The van der Waals surface area contributed by atoms with Gasteiger partial charge in [-0.25, -0.2) is 0 Å². The fourth-order valence-corrected chi connectivity index (χ4v) is 3.29. The monoisotopic (exact) mass is 313 g/mol. The Hall–Kier alpha value is -0.910. The van der Waals surface area contributed by atoms with E-state index in [-0.39, 0.29) is 5.91 Å². The third kappa shape index (κ3) is 4.89. The summed E-state index contributed by atoms with van der Waals surface area (Å²) in [4.78, 5) is 14.3. The first kappa shape index (κ1) is 15.5. The van der Waals surface area contributed by atoms with E-state index >= 15 is 0 Å². The summed E-state index contributed by atoms with van der Waals surface area (Å²) in [5.41, 5.74) is 6.93. The lowest BCUT2D eigenvalue weighted by Gasteiger charge is -2.25. The van der Waals surface area contributed by atoms with Gasteiger partial charge in [-0.2, -0.15) is 11.8 Å². The highest BCUT2D eigenvalue weighted by molar-refractivity contribution is 7.99. The molecular formula is C14H20ClN3OS. The maximum Gasteiger partial charge on any atom is 0.224 e. The number of thioether (sulfide) groups is 1. The standard InChI is InChI=1S/C14H20ClN3OS/c15-11-3-4-12(16)13(10-11)17-14(19)2-1-5-18-6-8-20-9-7-18/h3-4,10H,1-2,5-9,16H2,(H,17,19). The van der Waals surface area contributed by atoms with Crippen LogP contribution in [0.1, 0.15) is 12.8 Å². The number of carbonyl (C=O) groups is 1. The summed E-state index contributed by atoms with van der Waals surface area (Å²) in [7, 11) is 0. The van der Waals surface area contributed by atoms with Gasteiger partial charge in [0.05, 0.1) is 11.4 Å². The number of halogens is 1. The van der Waals surface area contributed by atoms with Crippen LogP contribution in [-0.4, -0.2) is 41.9 Å². The predicted molar refractivity (Wildman–Crippen MR) is 87.5 cm³/mol. The summed E-state index contributed by atoms with van der Waals surface area (Å²) in [6.07, 6.45) is 1.38. The van der Waals surface area contributed by atoms with E-state index in [0.717, 1.165) is 26.1 Å². The average molecular weight is 314 g/mol. The summed E-state index contributed by atoms with van der Waals surface area (Å²) in [6.45, 7) is 3.25. The number of anilines is 2. The molecule has 3 N–H and O–H groups in total. The Morgan fingerprint density at radius 1 is 1.40 bits per heavy atom. The Labute approximate surface area is 129 Å². The fourth-order valence-electron chi connectivity index (χ4n) is 2.14. The summed E-state index contributed by atoms with van der Waals surface area (Å²) in [6, 6.07) is 5.08. The second kappa shape index (κ2) is 7.76. The van der Waals surface area contributed by atoms with Crippen LogP contribution in [0, 0.1) is 0 Å². The molecule has 1 aromatic rings. The molecule has 0 saturated carbocycles. The fraction of sp³-hybridized carbons (Fsp3) is 0.500. The molecule has 0 atom stereocenters. The zero-order valence-electron chi connectivity index (χ0n) is 11.4. The second-order valence-corrected chi connectivity index (χ2v) is 6.50. The van der Waals surface area contributed by atoms with Crippen molar-refractivity contribution in [2.75, 3.05) is 42.2 Å². The van der Waals surface area contributed by atoms with E-state index in [1.54, 1.807) is 18.2 Å². The zero-order valence-corrected chi connectivity index (χ0v) is 13.0. The Morgan fingerprint density at radius 2 is 2.15 bits per heavy atom. The minimum Gasteiger partial charge on any atom is -0.397 e. The highest BCUT2D eigenvalue weighted by atomic mass is 35.5. The summed E-state index contributed by atoms with van der Waals surface area (Å²) in [5, 5.41) is 3.39. The van der Waals surface area contributed by atoms with Crippen molar-refractivity contribution < 1.29 is 4.79 Å². The molecule has 0 aliphatic carbocycles. The number of benzene rings is 1. The minimum absolute atomic E-state index is 0.00893. The van der Waals surface area contributed by atoms with Gasteiger partial charge in [0.25, 0.3) is 0 Å². The molecule has 6 heteroatoms. The smallest absolute Gasteiger partial charge is 0.224 e. The van der Waals surface area contributed by atoms with Crippen molar-refractivity contribution in [2.24, 2.45) is 0 Å². The molecule has 0 bridgehead atoms. The first-order valence-electron chi connectivity index (χ1n) is 6.80. The summed E-state index contributed by atoms with van der Waals surface area (Å²) in [5.74, 6) is 2.39. The van der Waals surface area contributed by atoms with Crippen LogP contribution in [0.5, 0.6) is 0 Å². The van der Waals surface area contributed by atoms with Gasteiger partial charge < -0.3 is 16.0 Å². The number of amides is 1. The lowest BCUT2D eigenvalue weighted by molar-refractivity contribution is -0.116. The molecule has 0 spiro atoms. The van der Waals surface area contributed by atoms with Crippen LogP contribution >= 0.6 is 23.4 Å². The molecule has 1 saturated heterocycles. The molecule has 1 amide bonds. The number of hydrogen-bond acceptors (Lipinski definition) is 4. The van der Waals surface area contributed by atoms with Crippen molar-refractivity contribution >= 4 is 40.6 Å². The summed E-state index contributed by atoms with van der Waals surface area (Å²) < 4.78 is 0. The van der Waals surface area contributed by atoms with E-state index in [2.05, 4.69) is 10.2 Å². The van der Waals surface area contributed by atoms with Crippen LogP contribution in [0.4, 0.5) is 11.4 Å². The van der Waals surface area contributed by atoms with Gasteiger partial charge in [0, 0.05) is 36.0 Å². The molecule has 2 rings (SSSR count). The molecular weight excluding hydrogens is 294 g/mol. The molecule has 1 aliphatic heterocycles. The maximum atomic E-state index is 11.9. The van der Waals surface area contributed by atoms with Crippen LogP contribution < -0.4 is 11.1 Å². The van der Waals surface area contributed by atoms with Crippen LogP contribution in [0.25, 0.3) is 0 Å². The number of nitrogens with zero attached hydrogens (tertiary/aromatic N) is 1. The third-order valence-corrected chi connectivity index (χ3v) is 4.45. The molecule has 1 aromatic carbocycles. The van der Waals surface area contributed by atoms with E-state index < -0.39 is 0 Å². The van der Waals surface area contributed by atoms with Gasteiger partial charge in [0.2, 0.25) is 5.91 Å². The number of nitrogens with one attached hydrogen (secondary N) is 1. The van der Waals surface area contributed by atoms with E-state index in [1.165, 1.54) is 11.5 Å². The van der Waals surface area contributed by atoms with E-state index in [9.17, 15) is 4.79 Å². The molecule has 4 nitrogen and oxygen atoms in total. The number of rotatable bonds is 5. The number of hydrogen-bond donors (Lipinski definition) is 2. The molecule has 1 aliphatic rings. The van der Waals surface area contributed by atoms with Gasteiger partial charge >= 0.3 is 0 Å². The van der Waals surface area contributed by atoms with Crippen LogP contribution in [0.2, 0.25) is 5.02 Å². The van der Waals surface area contributed by atoms with Crippen molar-refractivity contribution in [3.63, 3.8) is 0 Å². The predicted octanol–water partition coefficient (Wildman–Crippen LogP) is 2.69. The van der Waals surface area contributed by atoms with Crippen LogP contribution in [-0.2, 0) is 4.79 Å². The Kier molecular flexibility index (Phi) is 6.01. The molecule has 0 aromatic heterocycles. The van der Waals surface area contributed by atoms with E-state index in [0.29, 0.717) is 22.8 Å². The second-order valence-electron chi connectivity index (χ2n) is 4.84. The Morgan fingerprint density at radius 3 is 2.90 bits per heavy atom. The largest absolute Gasteiger partial charge is 0.397 e. The van der Waals surface area contributed by atoms with E-state index in [4.69, 9.17) is 17.3 Å².